The van der Waals surface area contributed by atoms with Gasteiger partial charge in [0.05, 0.1) is 15.8 Å². The van der Waals surface area contributed by atoms with E-state index in [0.717, 1.165) is 4.88 Å². The van der Waals surface area contributed by atoms with Crippen molar-refractivity contribution in [2.45, 2.75) is 13.0 Å². The maximum absolute atomic E-state index is 13.5. The molecule has 1 aliphatic heterocycles. The molecular weight excluding hydrogens is 457 g/mol. The Labute approximate surface area is 196 Å². The average molecular weight is 476 g/mol. The highest BCUT2D eigenvalue weighted by molar-refractivity contribution is 7.10. The van der Waals surface area contributed by atoms with Gasteiger partial charge in [-0.25, -0.2) is 9.38 Å². The predicted molar refractivity (Wildman–Crippen MR) is 130 cm³/mol. The van der Waals surface area contributed by atoms with Crippen molar-refractivity contribution in [1.29, 1.82) is 0 Å². The van der Waals surface area contributed by atoms with Crippen LogP contribution in [-0.2, 0) is 4.79 Å². The summed E-state index contributed by atoms with van der Waals surface area (Å²) in [6.45, 7) is 1.79. The van der Waals surface area contributed by atoms with Crippen molar-refractivity contribution in [1.82, 2.24) is 4.57 Å². The van der Waals surface area contributed by atoms with E-state index in [-0.39, 0.29) is 17.3 Å². The maximum atomic E-state index is 13.5. The van der Waals surface area contributed by atoms with Gasteiger partial charge < -0.3 is 5.32 Å². The number of thiazole rings is 1. The molecule has 1 amide bonds. The van der Waals surface area contributed by atoms with Crippen LogP contribution in [0.25, 0.3) is 6.08 Å². The number of allylic oxidation sites excluding steroid dienone is 1. The first-order valence-electron chi connectivity index (χ1n) is 10.2. The van der Waals surface area contributed by atoms with Gasteiger partial charge in [-0.3, -0.25) is 14.2 Å². The van der Waals surface area contributed by atoms with Crippen LogP contribution >= 0.6 is 22.7 Å². The first-order chi connectivity index (χ1) is 16.0. The van der Waals surface area contributed by atoms with Gasteiger partial charge in [-0.15, -0.1) is 11.3 Å². The summed E-state index contributed by atoms with van der Waals surface area (Å²) in [5.74, 6) is -0.635. The molecule has 3 heterocycles. The Balaban J connectivity index is 1.65. The lowest BCUT2D eigenvalue weighted by Gasteiger charge is -2.24. The Hall–Kier alpha value is -3.62. The number of para-hydroxylation sites is 1. The van der Waals surface area contributed by atoms with Crippen LogP contribution in [0.3, 0.4) is 0 Å². The van der Waals surface area contributed by atoms with Crippen LogP contribution < -0.4 is 20.2 Å². The molecule has 2 aromatic carbocycles. The molecule has 0 aliphatic carbocycles. The summed E-state index contributed by atoms with van der Waals surface area (Å²) < 4.78 is 15.3. The van der Waals surface area contributed by atoms with E-state index in [9.17, 15) is 14.0 Å². The van der Waals surface area contributed by atoms with E-state index in [4.69, 9.17) is 0 Å². The number of halogens is 1. The zero-order chi connectivity index (χ0) is 22.9. The first-order valence-corrected chi connectivity index (χ1v) is 11.9. The zero-order valence-corrected chi connectivity index (χ0v) is 19.1. The van der Waals surface area contributed by atoms with E-state index < -0.39 is 6.04 Å². The minimum Gasteiger partial charge on any atom is -0.322 e. The number of aromatic nitrogens is 1. The van der Waals surface area contributed by atoms with Crippen LogP contribution in [0.15, 0.2) is 93.2 Å². The van der Waals surface area contributed by atoms with Crippen molar-refractivity contribution in [3.63, 3.8) is 0 Å². The van der Waals surface area contributed by atoms with Gasteiger partial charge in [-0.1, -0.05) is 47.7 Å². The van der Waals surface area contributed by atoms with Gasteiger partial charge in [0.15, 0.2) is 4.80 Å². The topological polar surface area (TPSA) is 63.5 Å². The lowest BCUT2D eigenvalue weighted by atomic mass is 10.0. The summed E-state index contributed by atoms with van der Waals surface area (Å²) in [5, 5.41) is 4.85. The van der Waals surface area contributed by atoms with E-state index in [1.807, 2.05) is 47.8 Å². The normalized spacial score (nSPS) is 15.8. The molecule has 4 aromatic rings. The molecular formula is C25H18FN3O2S2. The zero-order valence-electron chi connectivity index (χ0n) is 17.5. The molecule has 5 rings (SSSR count). The molecule has 8 heteroatoms. The Bertz CT molecular complexity index is 1530. The Kier molecular flexibility index (Phi) is 5.62. The van der Waals surface area contributed by atoms with Crippen molar-refractivity contribution < 1.29 is 9.18 Å². The van der Waals surface area contributed by atoms with Crippen LogP contribution in [0.1, 0.15) is 23.4 Å². The summed E-state index contributed by atoms with van der Waals surface area (Å²) in [7, 11) is 0. The molecule has 1 atom stereocenters. The minimum absolute atomic E-state index is 0.237. The van der Waals surface area contributed by atoms with E-state index in [1.165, 1.54) is 34.8 Å². The number of carbonyl (C=O) groups excluding carboxylic acids is 1. The molecule has 0 spiro atoms. The fraction of sp³-hybridized carbons (Fsp3) is 0.0800. The van der Waals surface area contributed by atoms with E-state index in [1.54, 1.807) is 29.7 Å². The summed E-state index contributed by atoms with van der Waals surface area (Å²) in [4.78, 5) is 32.8. The fourth-order valence-electron chi connectivity index (χ4n) is 3.76. The van der Waals surface area contributed by atoms with Gasteiger partial charge in [0.25, 0.3) is 11.5 Å². The minimum atomic E-state index is -0.583. The van der Waals surface area contributed by atoms with Crippen LogP contribution in [-0.4, -0.2) is 10.5 Å². The second-order valence-electron chi connectivity index (χ2n) is 7.47. The number of carbonyl (C=O) groups is 1. The van der Waals surface area contributed by atoms with Gasteiger partial charge in [-0.2, -0.15) is 0 Å². The Morgan fingerprint density at radius 2 is 1.85 bits per heavy atom. The van der Waals surface area contributed by atoms with Crippen LogP contribution in [0.4, 0.5) is 10.1 Å². The Morgan fingerprint density at radius 1 is 1.09 bits per heavy atom. The van der Waals surface area contributed by atoms with Gasteiger partial charge in [0.1, 0.15) is 11.9 Å². The maximum Gasteiger partial charge on any atom is 0.271 e. The molecule has 2 aromatic heterocycles. The molecule has 0 fully saturated rings. The number of anilines is 1. The van der Waals surface area contributed by atoms with Crippen molar-refractivity contribution in [2.24, 2.45) is 4.99 Å². The molecule has 0 saturated carbocycles. The lowest BCUT2D eigenvalue weighted by molar-refractivity contribution is -0.113. The van der Waals surface area contributed by atoms with Crippen molar-refractivity contribution in [3.05, 3.63) is 119 Å². The molecule has 1 unspecified atom stereocenters. The quantitative estimate of drug-likeness (QED) is 0.484. The van der Waals surface area contributed by atoms with Gasteiger partial charge >= 0.3 is 0 Å². The van der Waals surface area contributed by atoms with Gasteiger partial charge in [-0.05, 0) is 54.3 Å². The number of thiophene rings is 1. The van der Waals surface area contributed by atoms with E-state index in [0.29, 0.717) is 31.9 Å². The predicted octanol–water partition coefficient (Wildman–Crippen LogP) is 4.07. The van der Waals surface area contributed by atoms with Crippen LogP contribution in [0, 0.1) is 5.82 Å². The number of nitrogens with zero attached hydrogens (tertiary/aromatic N) is 2. The molecule has 0 bridgehead atoms. The highest BCUT2D eigenvalue weighted by atomic mass is 32.1. The SMILES string of the molecule is CC1=C(C(=O)Nc2ccccc2)C(c2cccs2)n2c(sc(=Cc3ccc(F)cc3)c2=O)=N1. The van der Waals surface area contributed by atoms with Crippen molar-refractivity contribution in [2.75, 3.05) is 5.32 Å². The first kappa shape index (κ1) is 21.2. The van der Waals surface area contributed by atoms with Crippen LogP contribution in [0.5, 0.6) is 0 Å². The largest absolute Gasteiger partial charge is 0.322 e. The number of benzene rings is 2. The number of hydrogen-bond acceptors (Lipinski definition) is 5. The number of rotatable bonds is 4. The summed E-state index contributed by atoms with van der Waals surface area (Å²) in [5.41, 5.74) is 2.14. The highest BCUT2D eigenvalue weighted by Crippen LogP contribution is 2.33. The molecule has 1 N–H and O–H groups in total. The number of hydrogen-bond donors (Lipinski definition) is 1. The third kappa shape index (κ3) is 4.10. The van der Waals surface area contributed by atoms with E-state index >= 15 is 0 Å². The molecule has 5 nitrogen and oxygen atoms in total. The number of amides is 1. The molecule has 0 saturated heterocycles. The summed E-state index contributed by atoms with van der Waals surface area (Å²) >= 11 is 2.74. The van der Waals surface area contributed by atoms with Crippen molar-refractivity contribution >= 4 is 40.3 Å². The number of nitrogens with one attached hydrogen (secondary N) is 1. The summed E-state index contributed by atoms with van der Waals surface area (Å²) in [6.07, 6.45) is 1.72. The standard InChI is InChI=1S/C25H18FN3O2S2/c1-15-21(23(30)28-18-6-3-2-4-7-18)22(19-8-5-13-32-19)29-24(31)20(33-25(29)27-15)14-16-9-11-17(26)12-10-16/h2-14,22H,1H3,(H,28,30). The lowest BCUT2D eigenvalue weighted by Crippen LogP contribution is -2.40. The second-order valence-corrected chi connectivity index (χ2v) is 9.46. The molecule has 33 heavy (non-hydrogen) atoms. The van der Waals surface area contributed by atoms with Gasteiger partial charge in [0, 0.05) is 10.6 Å². The smallest absolute Gasteiger partial charge is 0.271 e. The molecule has 1 aliphatic rings. The summed E-state index contributed by atoms with van der Waals surface area (Å²) in [6, 6.07) is 18.4. The Morgan fingerprint density at radius 3 is 2.55 bits per heavy atom. The highest BCUT2D eigenvalue weighted by Gasteiger charge is 2.33. The second kappa shape index (κ2) is 8.73. The van der Waals surface area contributed by atoms with Gasteiger partial charge in [0.2, 0.25) is 0 Å². The van der Waals surface area contributed by atoms with Crippen molar-refractivity contribution in [3.8, 4) is 0 Å². The fourth-order valence-corrected chi connectivity index (χ4v) is 5.63. The number of fused-ring (bicyclic) bond motifs is 1. The van der Waals surface area contributed by atoms with E-state index in [2.05, 4.69) is 10.3 Å². The average Bonchev–Trinajstić information content (AvgIpc) is 3.44. The molecule has 0 radical (unpaired) electrons. The molecule has 164 valence electrons. The monoisotopic (exact) mass is 475 g/mol. The third-order valence-corrected chi connectivity index (χ3v) is 7.19. The third-order valence-electron chi connectivity index (χ3n) is 5.28. The van der Waals surface area contributed by atoms with Crippen LogP contribution in [0.2, 0.25) is 0 Å².